The third-order valence-electron chi connectivity index (χ3n) is 7.02. The number of anilines is 1. The minimum absolute atomic E-state index is 0.270. The Bertz CT molecular complexity index is 1390. The van der Waals surface area contributed by atoms with Gasteiger partial charge >= 0.3 is 0 Å². The molecule has 3 aliphatic rings. The molecule has 35 heavy (non-hydrogen) atoms. The Balaban J connectivity index is 1.47. The van der Waals surface area contributed by atoms with Crippen LogP contribution in [-0.2, 0) is 9.59 Å². The normalized spacial score (nSPS) is 24.3. The first kappa shape index (κ1) is 21.6. The summed E-state index contributed by atoms with van der Waals surface area (Å²) in [4.78, 5) is 42.7. The molecule has 2 amide bonds. The predicted octanol–water partition coefficient (Wildman–Crippen LogP) is 4.11. The average molecular weight is 486 g/mol. The zero-order chi connectivity index (χ0) is 24.3. The van der Waals surface area contributed by atoms with Gasteiger partial charge in [0.05, 0.1) is 36.9 Å². The molecule has 0 saturated carbocycles. The molecule has 0 aromatic heterocycles. The summed E-state index contributed by atoms with van der Waals surface area (Å²) in [5.74, 6) is -2.01. The lowest BCUT2D eigenvalue weighted by Crippen LogP contribution is -2.44. The highest BCUT2D eigenvalue weighted by molar-refractivity contribution is 6.30. The van der Waals surface area contributed by atoms with Gasteiger partial charge in [0.2, 0.25) is 11.8 Å². The van der Waals surface area contributed by atoms with Gasteiger partial charge in [-0.05, 0) is 59.7 Å². The maximum Gasteiger partial charge on any atom is 0.240 e. The van der Waals surface area contributed by atoms with Crippen LogP contribution in [0.1, 0.15) is 27.5 Å². The molecule has 7 nitrogen and oxygen atoms in total. The van der Waals surface area contributed by atoms with Gasteiger partial charge in [-0.2, -0.15) is 5.10 Å². The Hall–Kier alpha value is -3.97. The molecule has 0 bridgehead atoms. The number of Topliss-reactive ketones (excluding diaryl/α,β-unsaturated/α-hetero) is 1. The highest BCUT2D eigenvalue weighted by atomic mass is 35.5. The van der Waals surface area contributed by atoms with Gasteiger partial charge in [-0.3, -0.25) is 19.4 Å². The number of benzene rings is 3. The van der Waals surface area contributed by atoms with Crippen molar-refractivity contribution in [2.75, 3.05) is 12.0 Å². The number of ketones is 1. The fourth-order valence-corrected chi connectivity index (χ4v) is 5.57. The summed E-state index contributed by atoms with van der Waals surface area (Å²) in [5, 5.41) is 6.73. The van der Waals surface area contributed by atoms with E-state index in [2.05, 4.69) is 5.10 Å². The molecule has 0 radical (unpaired) electrons. The van der Waals surface area contributed by atoms with Crippen molar-refractivity contribution >= 4 is 41.1 Å². The van der Waals surface area contributed by atoms with E-state index in [1.54, 1.807) is 66.9 Å². The van der Waals surface area contributed by atoms with Crippen LogP contribution in [-0.4, -0.2) is 42.0 Å². The quantitative estimate of drug-likeness (QED) is 0.410. The summed E-state index contributed by atoms with van der Waals surface area (Å²) >= 11 is 6.02. The predicted molar refractivity (Wildman–Crippen MR) is 131 cm³/mol. The molecule has 0 aliphatic carbocycles. The molecule has 8 heteroatoms. The van der Waals surface area contributed by atoms with Crippen LogP contribution in [0, 0.1) is 11.8 Å². The summed E-state index contributed by atoms with van der Waals surface area (Å²) in [6.07, 6.45) is 1.69. The van der Waals surface area contributed by atoms with Gasteiger partial charge in [0.25, 0.3) is 0 Å². The molecular formula is C27H20ClN3O4. The SMILES string of the molecule is COc1ccc(N2C(=O)[C@@H]3[C@H](C2=O)[C@H]2c4ccccc4C=NN2[C@@H]3C(=O)c2ccc(Cl)cc2)cc1. The van der Waals surface area contributed by atoms with E-state index < -0.39 is 29.8 Å². The highest BCUT2D eigenvalue weighted by Gasteiger charge is 2.65. The van der Waals surface area contributed by atoms with Crippen molar-refractivity contribution in [3.05, 3.63) is 94.5 Å². The number of halogens is 1. The molecule has 6 rings (SSSR count). The molecule has 3 aliphatic heterocycles. The Morgan fingerprint density at radius 1 is 0.914 bits per heavy atom. The third-order valence-corrected chi connectivity index (χ3v) is 7.27. The molecule has 3 aromatic rings. The lowest BCUT2D eigenvalue weighted by molar-refractivity contribution is -0.124. The van der Waals surface area contributed by atoms with E-state index in [1.165, 1.54) is 4.90 Å². The second kappa shape index (κ2) is 8.06. The van der Waals surface area contributed by atoms with Crippen LogP contribution in [0.25, 0.3) is 0 Å². The largest absolute Gasteiger partial charge is 0.497 e. The first-order valence-corrected chi connectivity index (χ1v) is 11.6. The van der Waals surface area contributed by atoms with E-state index in [4.69, 9.17) is 16.3 Å². The molecule has 0 spiro atoms. The van der Waals surface area contributed by atoms with Crippen LogP contribution >= 0.6 is 11.6 Å². The number of imide groups is 1. The van der Waals surface area contributed by atoms with Crippen LogP contribution < -0.4 is 9.64 Å². The van der Waals surface area contributed by atoms with Crippen molar-refractivity contribution in [1.29, 1.82) is 0 Å². The number of methoxy groups -OCH3 is 1. The van der Waals surface area contributed by atoms with Crippen molar-refractivity contribution in [3.63, 3.8) is 0 Å². The van der Waals surface area contributed by atoms with E-state index in [1.807, 2.05) is 24.3 Å². The maximum atomic E-state index is 13.8. The zero-order valence-electron chi connectivity index (χ0n) is 18.7. The van der Waals surface area contributed by atoms with Crippen molar-refractivity contribution < 1.29 is 19.1 Å². The van der Waals surface area contributed by atoms with E-state index in [0.29, 0.717) is 22.0 Å². The molecule has 174 valence electrons. The van der Waals surface area contributed by atoms with Crippen molar-refractivity contribution in [2.24, 2.45) is 16.9 Å². The van der Waals surface area contributed by atoms with E-state index in [0.717, 1.165) is 11.1 Å². The van der Waals surface area contributed by atoms with Crippen molar-refractivity contribution in [2.45, 2.75) is 12.1 Å². The number of fused-ring (bicyclic) bond motifs is 5. The zero-order valence-corrected chi connectivity index (χ0v) is 19.4. The second-order valence-electron chi connectivity index (χ2n) is 8.78. The van der Waals surface area contributed by atoms with Gasteiger partial charge in [0, 0.05) is 10.6 Å². The van der Waals surface area contributed by atoms with E-state index in [9.17, 15) is 14.4 Å². The lowest BCUT2D eigenvalue weighted by atomic mass is 9.83. The van der Waals surface area contributed by atoms with Crippen LogP contribution in [0.5, 0.6) is 5.75 Å². The minimum atomic E-state index is -0.921. The van der Waals surface area contributed by atoms with Gasteiger partial charge < -0.3 is 4.74 Å². The second-order valence-corrected chi connectivity index (χ2v) is 9.21. The minimum Gasteiger partial charge on any atom is -0.497 e. The smallest absolute Gasteiger partial charge is 0.240 e. The van der Waals surface area contributed by atoms with Gasteiger partial charge in [0.15, 0.2) is 5.78 Å². The Labute approximate surface area is 206 Å². The monoisotopic (exact) mass is 485 g/mol. The number of hydrogen-bond donors (Lipinski definition) is 0. The standard InChI is InChI=1S/C27H20ClN3O4/c1-35-19-12-10-18(11-13-19)30-26(33)21-22(27(30)34)24(25(32)15-6-8-17(28)9-7-15)31-23(21)20-5-3-2-4-16(20)14-29-31/h2-14,21-24H,1H3/t21-,22+,23+,24-/m0/s1. The van der Waals surface area contributed by atoms with Crippen LogP contribution in [0.2, 0.25) is 5.02 Å². The fourth-order valence-electron chi connectivity index (χ4n) is 5.44. The first-order chi connectivity index (χ1) is 17.0. The highest BCUT2D eigenvalue weighted by Crippen LogP contribution is 2.53. The number of amides is 2. The lowest BCUT2D eigenvalue weighted by Gasteiger charge is -2.33. The summed E-state index contributed by atoms with van der Waals surface area (Å²) in [5.41, 5.74) is 2.61. The summed E-state index contributed by atoms with van der Waals surface area (Å²) < 4.78 is 5.21. The van der Waals surface area contributed by atoms with E-state index >= 15 is 0 Å². The number of carbonyl (C=O) groups excluding carboxylic acids is 3. The summed E-state index contributed by atoms with van der Waals surface area (Å²) in [7, 11) is 1.55. The van der Waals surface area contributed by atoms with Crippen molar-refractivity contribution in [1.82, 2.24) is 5.01 Å². The first-order valence-electron chi connectivity index (χ1n) is 11.2. The average Bonchev–Trinajstić information content (AvgIpc) is 3.36. The molecule has 2 fully saturated rings. The molecule has 0 N–H and O–H groups in total. The molecule has 4 atom stereocenters. The Morgan fingerprint density at radius 3 is 2.31 bits per heavy atom. The number of hydrazone groups is 1. The number of ether oxygens (including phenoxy) is 1. The van der Waals surface area contributed by atoms with Gasteiger partial charge in [-0.15, -0.1) is 0 Å². The van der Waals surface area contributed by atoms with Gasteiger partial charge in [-0.1, -0.05) is 35.9 Å². The van der Waals surface area contributed by atoms with Gasteiger partial charge in [-0.25, -0.2) is 4.90 Å². The van der Waals surface area contributed by atoms with E-state index in [-0.39, 0.29) is 11.7 Å². The molecule has 2 saturated heterocycles. The number of nitrogens with zero attached hydrogens (tertiary/aromatic N) is 3. The Kier molecular flexibility index (Phi) is 4.96. The van der Waals surface area contributed by atoms with Crippen LogP contribution in [0.4, 0.5) is 5.69 Å². The molecule has 0 unspecified atom stereocenters. The number of carbonyl (C=O) groups is 3. The van der Waals surface area contributed by atoms with Crippen molar-refractivity contribution in [3.8, 4) is 5.75 Å². The topological polar surface area (TPSA) is 79.3 Å². The molecular weight excluding hydrogens is 466 g/mol. The molecule has 3 aromatic carbocycles. The number of rotatable bonds is 4. The van der Waals surface area contributed by atoms with Crippen LogP contribution in [0.3, 0.4) is 0 Å². The third kappa shape index (κ3) is 3.19. The maximum absolute atomic E-state index is 13.8. The Morgan fingerprint density at radius 2 is 1.60 bits per heavy atom. The molecule has 3 heterocycles. The fraction of sp³-hybridized carbons (Fsp3) is 0.185. The van der Waals surface area contributed by atoms with Gasteiger partial charge in [0.1, 0.15) is 11.8 Å². The number of hydrogen-bond acceptors (Lipinski definition) is 6. The van der Waals surface area contributed by atoms with Crippen LogP contribution in [0.15, 0.2) is 77.9 Å². The summed E-state index contributed by atoms with van der Waals surface area (Å²) in [6.45, 7) is 0. The summed E-state index contributed by atoms with van der Waals surface area (Å²) in [6, 6.07) is 19.5.